The fraction of sp³-hybridized carbons (Fsp3) is 0.375. The Morgan fingerprint density at radius 3 is 2.77 bits per heavy atom. The molecule has 0 aliphatic rings. The molecule has 6 heteroatoms. The number of aryl methyl sites for hydroxylation is 1. The molecule has 1 unspecified atom stereocenters. The lowest BCUT2D eigenvalue weighted by Crippen LogP contribution is -2.41. The number of amides is 2. The van der Waals surface area contributed by atoms with Gasteiger partial charge < -0.3 is 15.7 Å². The van der Waals surface area contributed by atoms with E-state index in [4.69, 9.17) is 0 Å². The van der Waals surface area contributed by atoms with E-state index >= 15 is 0 Å². The number of nitrogens with one attached hydrogen (secondary N) is 2. The van der Waals surface area contributed by atoms with Crippen molar-refractivity contribution in [1.29, 1.82) is 0 Å². The molecule has 0 radical (unpaired) electrons. The van der Waals surface area contributed by atoms with E-state index in [-0.39, 0.29) is 12.6 Å². The molecule has 0 aliphatic carbocycles. The molecule has 1 heterocycles. The van der Waals surface area contributed by atoms with Gasteiger partial charge in [0.1, 0.15) is 0 Å². The van der Waals surface area contributed by atoms with Gasteiger partial charge in [-0.1, -0.05) is 30.3 Å². The minimum absolute atomic E-state index is 0.233. The van der Waals surface area contributed by atoms with Crippen LogP contribution < -0.4 is 10.6 Å². The van der Waals surface area contributed by atoms with E-state index in [2.05, 4.69) is 15.6 Å². The zero-order chi connectivity index (χ0) is 15.8. The van der Waals surface area contributed by atoms with E-state index in [1.54, 1.807) is 11.3 Å². The number of thiazole rings is 1. The van der Waals surface area contributed by atoms with E-state index in [0.29, 0.717) is 19.4 Å². The number of urea groups is 1. The molecular weight excluding hydrogens is 298 g/mol. The fourth-order valence-corrected chi connectivity index (χ4v) is 2.71. The van der Waals surface area contributed by atoms with Crippen LogP contribution in [0.15, 0.2) is 35.7 Å². The van der Waals surface area contributed by atoms with Crippen LogP contribution in [0.5, 0.6) is 0 Å². The number of aromatic nitrogens is 1. The van der Waals surface area contributed by atoms with E-state index in [1.807, 2.05) is 42.6 Å². The zero-order valence-electron chi connectivity index (χ0n) is 12.6. The molecule has 3 N–H and O–H groups in total. The van der Waals surface area contributed by atoms with Gasteiger partial charge in [0.2, 0.25) is 0 Å². The molecule has 0 fully saturated rings. The first-order valence-electron chi connectivity index (χ1n) is 7.28. The third-order valence-electron chi connectivity index (χ3n) is 3.15. The molecule has 118 valence electrons. The molecule has 1 aromatic heterocycles. The maximum absolute atomic E-state index is 11.6. The monoisotopic (exact) mass is 319 g/mol. The van der Waals surface area contributed by atoms with Gasteiger partial charge in [-0.05, 0) is 12.5 Å². The van der Waals surface area contributed by atoms with Gasteiger partial charge >= 0.3 is 6.03 Å². The maximum atomic E-state index is 11.6. The predicted molar refractivity (Wildman–Crippen MR) is 88.1 cm³/mol. The number of rotatable bonds is 7. The summed E-state index contributed by atoms with van der Waals surface area (Å²) in [4.78, 5) is 16.0. The molecule has 0 spiro atoms. The van der Waals surface area contributed by atoms with Gasteiger partial charge in [-0.2, -0.15) is 0 Å². The molecule has 2 rings (SSSR count). The van der Waals surface area contributed by atoms with Crippen LogP contribution in [-0.2, 0) is 12.8 Å². The molecule has 0 saturated heterocycles. The summed E-state index contributed by atoms with van der Waals surface area (Å²) in [6.07, 6.45) is 0.651. The van der Waals surface area contributed by atoms with Crippen LogP contribution in [0, 0.1) is 6.92 Å². The second kappa shape index (κ2) is 8.51. The molecule has 2 aromatic rings. The molecule has 1 atom stereocenters. The Bertz CT molecular complexity index is 586. The van der Waals surface area contributed by atoms with E-state index in [9.17, 15) is 9.90 Å². The Labute approximate surface area is 134 Å². The van der Waals surface area contributed by atoms with Crippen LogP contribution in [0.2, 0.25) is 0 Å². The minimum atomic E-state index is -0.589. The van der Waals surface area contributed by atoms with E-state index in [0.717, 1.165) is 16.3 Å². The number of hydrogen-bond donors (Lipinski definition) is 3. The highest BCUT2D eigenvalue weighted by molar-refractivity contribution is 7.09. The van der Waals surface area contributed by atoms with Crippen molar-refractivity contribution < 1.29 is 9.90 Å². The summed E-state index contributed by atoms with van der Waals surface area (Å²) in [6.45, 7) is 2.72. The average molecular weight is 319 g/mol. The van der Waals surface area contributed by atoms with Crippen LogP contribution in [0.1, 0.15) is 16.3 Å². The standard InChI is InChI=1S/C16H21N3O2S/c1-12-19-14(11-22-12)7-8-17-16(21)18-10-15(20)9-13-5-3-2-4-6-13/h2-6,11,15,20H,7-10H2,1H3,(H2,17,18,21). The van der Waals surface area contributed by atoms with Crippen LogP contribution in [-0.4, -0.2) is 35.3 Å². The van der Waals surface area contributed by atoms with Gasteiger partial charge in [0.25, 0.3) is 0 Å². The van der Waals surface area contributed by atoms with Gasteiger partial charge in [0, 0.05) is 31.3 Å². The number of hydrogen-bond acceptors (Lipinski definition) is 4. The molecule has 0 bridgehead atoms. The number of aliphatic hydroxyl groups is 1. The number of nitrogens with zero attached hydrogens (tertiary/aromatic N) is 1. The first-order valence-corrected chi connectivity index (χ1v) is 8.16. The Morgan fingerprint density at radius 1 is 1.32 bits per heavy atom. The fourth-order valence-electron chi connectivity index (χ4n) is 2.06. The summed E-state index contributed by atoms with van der Waals surface area (Å²) in [5.41, 5.74) is 2.04. The van der Waals surface area contributed by atoms with Crippen molar-refractivity contribution in [1.82, 2.24) is 15.6 Å². The summed E-state index contributed by atoms with van der Waals surface area (Å²) < 4.78 is 0. The summed E-state index contributed by atoms with van der Waals surface area (Å²) in [5.74, 6) is 0. The molecule has 0 aliphatic heterocycles. The van der Waals surface area contributed by atoms with Crippen molar-refractivity contribution in [3.8, 4) is 0 Å². The number of carbonyl (C=O) groups excluding carboxylic acids is 1. The largest absolute Gasteiger partial charge is 0.391 e. The highest BCUT2D eigenvalue weighted by Crippen LogP contribution is 2.07. The van der Waals surface area contributed by atoms with Crippen molar-refractivity contribution in [2.24, 2.45) is 0 Å². The smallest absolute Gasteiger partial charge is 0.314 e. The SMILES string of the molecule is Cc1nc(CCNC(=O)NCC(O)Cc2ccccc2)cs1. The second-order valence-electron chi connectivity index (χ2n) is 5.09. The number of aliphatic hydroxyl groups excluding tert-OH is 1. The van der Waals surface area contributed by atoms with Gasteiger partial charge in [-0.25, -0.2) is 9.78 Å². The average Bonchev–Trinajstić information content (AvgIpc) is 2.92. The summed E-state index contributed by atoms with van der Waals surface area (Å²) in [5, 5.41) is 18.4. The van der Waals surface area contributed by atoms with Gasteiger partial charge in [-0.3, -0.25) is 0 Å². The lowest BCUT2D eigenvalue weighted by atomic mass is 10.1. The zero-order valence-corrected chi connectivity index (χ0v) is 13.4. The van der Waals surface area contributed by atoms with Crippen molar-refractivity contribution in [3.63, 3.8) is 0 Å². The maximum Gasteiger partial charge on any atom is 0.314 e. The van der Waals surface area contributed by atoms with Crippen molar-refractivity contribution >= 4 is 17.4 Å². The minimum Gasteiger partial charge on any atom is -0.391 e. The summed E-state index contributed by atoms with van der Waals surface area (Å²) in [6, 6.07) is 9.45. The normalized spacial score (nSPS) is 11.9. The lowest BCUT2D eigenvalue weighted by molar-refractivity contribution is 0.170. The lowest BCUT2D eigenvalue weighted by Gasteiger charge is -2.12. The van der Waals surface area contributed by atoms with Gasteiger partial charge in [0.15, 0.2) is 0 Å². The molecule has 22 heavy (non-hydrogen) atoms. The highest BCUT2D eigenvalue weighted by atomic mass is 32.1. The first kappa shape index (κ1) is 16.5. The number of benzene rings is 1. The van der Waals surface area contributed by atoms with E-state index in [1.165, 1.54) is 0 Å². The molecular formula is C16H21N3O2S. The molecule has 1 aromatic carbocycles. The Kier molecular flexibility index (Phi) is 6.36. The highest BCUT2D eigenvalue weighted by Gasteiger charge is 2.08. The second-order valence-corrected chi connectivity index (χ2v) is 6.15. The summed E-state index contributed by atoms with van der Waals surface area (Å²) >= 11 is 1.61. The third-order valence-corrected chi connectivity index (χ3v) is 3.97. The Balaban J connectivity index is 1.60. The van der Waals surface area contributed by atoms with Crippen molar-refractivity contribution in [2.45, 2.75) is 25.9 Å². The Hall–Kier alpha value is -1.92. The van der Waals surface area contributed by atoms with Crippen molar-refractivity contribution in [3.05, 3.63) is 52.0 Å². The van der Waals surface area contributed by atoms with Crippen LogP contribution in [0.3, 0.4) is 0 Å². The van der Waals surface area contributed by atoms with Crippen molar-refractivity contribution in [2.75, 3.05) is 13.1 Å². The predicted octanol–water partition coefficient (Wildman–Crippen LogP) is 1.90. The van der Waals surface area contributed by atoms with Crippen LogP contribution in [0.4, 0.5) is 4.79 Å². The summed E-state index contributed by atoms with van der Waals surface area (Å²) in [7, 11) is 0. The number of carbonyl (C=O) groups is 1. The first-order chi connectivity index (χ1) is 10.6. The quantitative estimate of drug-likeness (QED) is 0.730. The third kappa shape index (κ3) is 5.83. The van der Waals surface area contributed by atoms with E-state index < -0.39 is 6.10 Å². The van der Waals surface area contributed by atoms with Crippen LogP contribution in [0.25, 0.3) is 0 Å². The van der Waals surface area contributed by atoms with Gasteiger partial charge in [0.05, 0.1) is 16.8 Å². The Morgan fingerprint density at radius 2 is 2.09 bits per heavy atom. The molecule has 0 saturated carbocycles. The van der Waals surface area contributed by atoms with Crippen LogP contribution >= 0.6 is 11.3 Å². The van der Waals surface area contributed by atoms with Gasteiger partial charge in [-0.15, -0.1) is 11.3 Å². The molecule has 2 amide bonds. The molecule has 5 nitrogen and oxygen atoms in total. The topological polar surface area (TPSA) is 74.2 Å².